The van der Waals surface area contributed by atoms with Gasteiger partial charge in [0.25, 0.3) is 0 Å². The number of nitrogens with zero attached hydrogens (tertiary/aromatic N) is 1. The van der Waals surface area contributed by atoms with Gasteiger partial charge in [-0.25, -0.2) is 4.79 Å². The van der Waals surface area contributed by atoms with Crippen LogP contribution >= 0.6 is 0 Å². The van der Waals surface area contributed by atoms with Crippen LogP contribution in [0.5, 0.6) is 0 Å². The molecule has 1 amide bonds. The van der Waals surface area contributed by atoms with Gasteiger partial charge in [-0.3, -0.25) is 4.79 Å². The smallest absolute Gasteiger partial charge is 0.331 e. The van der Waals surface area contributed by atoms with Gasteiger partial charge in [-0.15, -0.1) is 0 Å². The lowest BCUT2D eigenvalue weighted by molar-refractivity contribution is -0.151. The average Bonchev–Trinajstić information content (AvgIpc) is 2.29. The van der Waals surface area contributed by atoms with Crippen LogP contribution in [0.3, 0.4) is 0 Å². The van der Waals surface area contributed by atoms with Crippen LogP contribution < -0.4 is 0 Å². The number of carbonyl (C=O) groups excluding carboxylic acids is 1. The SMILES string of the molecule is CCCN1C(=O)Cc2ccccc2[C@@H]1C(=O)O. The van der Waals surface area contributed by atoms with Crippen molar-refractivity contribution in [3.63, 3.8) is 0 Å². The van der Waals surface area contributed by atoms with Gasteiger partial charge in [0.15, 0.2) is 6.04 Å². The second-order valence-corrected chi connectivity index (χ2v) is 4.20. The van der Waals surface area contributed by atoms with Crippen molar-refractivity contribution in [2.24, 2.45) is 0 Å². The van der Waals surface area contributed by atoms with Crippen molar-refractivity contribution >= 4 is 11.9 Å². The Morgan fingerprint density at radius 2 is 2.18 bits per heavy atom. The molecule has 1 aliphatic rings. The summed E-state index contributed by atoms with van der Waals surface area (Å²) in [6, 6.07) is 6.44. The van der Waals surface area contributed by atoms with Gasteiger partial charge in [-0.1, -0.05) is 31.2 Å². The highest BCUT2D eigenvalue weighted by Crippen LogP contribution is 2.30. The number of benzene rings is 1. The maximum Gasteiger partial charge on any atom is 0.331 e. The molecule has 2 rings (SSSR count). The van der Waals surface area contributed by atoms with Gasteiger partial charge < -0.3 is 10.0 Å². The fourth-order valence-electron chi connectivity index (χ4n) is 2.30. The van der Waals surface area contributed by atoms with E-state index in [1.54, 1.807) is 6.07 Å². The lowest BCUT2D eigenvalue weighted by Crippen LogP contribution is -2.44. The van der Waals surface area contributed by atoms with E-state index in [4.69, 9.17) is 0 Å². The number of carboxylic acid groups (broad SMARTS) is 1. The van der Waals surface area contributed by atoms with E-state index in [2.05, 4.69) is 0 Å². The first-order valence-electron chi connectivity index (χ1n) is 5.75. The minimum Gasteiger partial charge on any atom is -0.479 e. The molecule has 0 saturated heterocycles. The quantitative estimate of drug-likeness (QED) is 0.862. The van der Waals surface area contributed by atoms with Gasteiger partial charge >= 0.3 is 5.97 Å². The Morgan fingerprint density at radius 1 is 1.47 bits per heavy atom. The molecule has 90 valence electrons. The van der Waals surface area contributed by atoms with Crippen LogP contribution in [0.15, 0.2) is 24.3 Å². The molecule has 0 saturated carbocycles. The summed E-state index contributed by atoms with van der Waals surface area (Å²) in [5.74, 6) is -1.06. The highest BCUT2D eigenvalue weighted by molar-refractivity contribution is 5.89. The molecule has 0 aromatic heterocycles. The number of fused-ring (bicyclic) bond motifs is 1. The van der Waals surface area contributed by atoms with Crippen molar-refractivity contribution in [3.8, 4) is 0 Å². The molecule has 1 aliphatic heterocycles. The molecule has 0 aliphatic carbocycles. The van der Waals surface area contributed by atoms with Crippen molar-refractivity contribution in [1.29, 1.82) is 0 Å². The Kier molecular flexibility index (Phi) is 3.13. The molecule has 0 unspecified atom stereocenters. The van der Waals surface area contributed by atoms with Crippen LogP contribution in [0.1, 0.15) is 30.5 Å². The Balaban J connectivity index is 2.46. The topological polar surface area (TPSA) is 57.6 Å². The maximum atomic E-state index is 11.9. The molecule has 0 spiro atoms. The number of rotatable bonds is 3. The Hall–Kier alpha value is -1.84. The lowest BCUT2D eigenvalue weighted by Gasteiger charge is -2.34. The van der Waals surface area contributed by atoms with Gasteiger partial charge in [-0.05, 0) is 17.5 Å². The zero-order chi connectivity index (χ0) is 12.4. The van der Waals surface area contributed by atoms with Gasteiger partial charge in [-0.2, -0.15) is 0 Å². The highest BCUT2D eigenvalue weighted by Gasteiger charge is 2.36. The van der Waals surface area contributed by atoms with Crippen molar-refractivity contribution < 1.29 is 14.7 Å². The van der Waals surface area contributed by atoms with E-state index >= 15 is 0 Å². The van der Waals surface area contributed by atoms with Gasteiger partial charge in [0.1, 0.15) is 0 Å². The second-order valence-electron chi connectivity index (χ2n) is 4.20. The van der Waals surface area contributed by atoms with E-state index in [9.17, 15) is 14.7 Å². The van der Waals surface area contributed by atoms with Crippen LogP contribution in [0.4, 0.5) is 0 Å². The maximum absolute atomic E-state index is 11.9. The summed E-state index contributed by atoms with van der Waals surface area (Å²) >= 11 is 0. The number of amides is 1. The molecule has 17 heavy (non-hydrogen) atoms. The van der Waals surface area contributed by atoms with E-state index in [0.717, 1.165) is 17.5 Å². The second kappa shape index (κ2) is 4.57. The van der Waals surface area contributed by atoms with Gasteiger partial charge in [0.05, 0.1) is 6.42 Å². The molecular weight excluding hydrogens is 218 g/mol. The van der Waals surface area contributed by atoms with E-state index in [1.807, 2.05) is 25.1 Å². The van der Waals surface area contributed by atoms with E-state index in [1.165, 1.54) is 4.90 Å². The first-order chi connectivity index (χ1) is 8.15. The molecule has 0 radical (unpaired) electrons. The zero-order valence-corrected chi connectivity index (χ0v) is 9.72. The summed E-state index contributed by atoms with van der Waals surface area (Å²) in [4.78, 5) is 24.7. The lowest BCUT2D eigenvalue weighted by atomic mass is 9.92. The average molecular weight is 233 g/mol. The summed E-state index contributed by atoms with van der Waals surface area (Å²) in [6.45, 7) is 2.43. The Labute approximate surface area is 99.9 Å². The molecule has 1 atom stereocenters. The van der Waals surface area contributed by atoms with Gasteiger partial charge in [0.2, 0.25) is 5.91 Å². The Bertz CT molecular complexity index is 456. The van der Waals surface area contributed by atoms with Crippen molar-refractivity contribution in [3.05, 3.63) is 35.4 Å². The van der Waals surface area contributed by atoms with Crippen molar-refractivity contribution in [2.75, 3.05) is 6.54 Å². The summed E-state index contributed by atoms with van der Waals surface area (Å²) < 4.78 is 0. The predicted octanol–water partition coefficient (Wildman–Crippen LogP) is 1.61. The monoisotopic (exact) mass is 233 g/mol. The molecule has 1 N–H and O–H groups in total. The number of carboxylic acids is 1. The predicted molar refractivity (Wildman–Crippen MR) is 62.5 cm³/mol. The minimum absolute atomic E-state index is 0.0991. The highest BCUT2D eigenvalue weighted by atomic mass is 16.4. The normalized spacial score (nSPS) is 19.0. The zero-order valence-electron chi connectivity index (χ0n) is 9.72. The molecule has 0 bridgehead atoms. The van der Waals surface area contributed by atoms with Crippen LogP contribution in [0.25, 0.3) is 0 Å². The van der Waals surface area contributed by atoms with E-state index in [0.29, 0.717) is 13.0 Å². The summed E-state index contributed by atoms with van der Waals surface area (Å²) in [5.41, 5.74) is 1.57. The Morgan fingerprint density at radius 3 is 2.82 bits per heavy atom. The fraction of sp³-hybridized carbons (Fsp3) is 0.385. The molecule has 0 fully saturated rings. The van der Waals surface area contributed by atoms with Crippen molar-refractivity contribution in [2.45, 2.75) is 25.8 Å². The summed E-state index contributed by atoms with van der Waals surface area (Å²) in [7, 11) is 0. The molecule has 1 aromatic carbocycles. The standard InChI is InChI=1S/C13H15NO3/c1-2-7-14-11(15)8-9-5-3-4-6-10(9)12(14)13(16)17/h3-6,12H,2,7-8H2,1H3,(H,16,17)/t12-/m1/s1. The molecule has 4 heteroatoms. The third kappa shape index (κ3) is 2.02. The number of aliphatic carboxylic acids is 1. The largest absolute Gasteiger partial charge is 0.479 e. The number of hydrogen-bond donors (Lipinski definition) is 1. The van der Waals surface area contributed by atoms with Crippen LogP contribution in [0.2, 0.25) is 0 Å². The number of carbonyl (C=O) groups is 2. The fourth-order valence-corrected chi connectivity index (χ4v) is 2.30. The third-order valence-electron chi connectivity index (χ3n) is 3.02. The van der Waals surface area contributed by atoms with Crippen LogP contribution in [-0.4, -0.2) is 28.4 Å². The molecule has 4 nitrogen and oxygen atoms in total. The number of hydrogen-bond acceptors (Lipinski definition) is 2. The molecule has 1 aromatic rings. The first kappa shape index (κ1) is 11.6. The minimum atomic E-state index is -0.959. The van der Waals surface area contributed by atoms with Crippen LogP contribution in [0, 0.1) is 0 Å². The van der Waals surface area contributed by atoms with Crippen LogP contribution in [-0.2, 0) is 16.0 Å². The summed E-state index contributed by atoms with van der Waals surface area (Å²) in [5, 5.41) is 9.31. The molecular formula is C13H15NO3. The van der Waals surface area contributed by atoms with Crippen molar-refractivity contribution in [1.82, 2.24) is 4.90 Å². The molecule has 1 heterocycles. The summed E-state index contributed by atoms with van der Waals surface area (Å²) in [6.07, 6.45) is 1.07. The third-order valence-corrected chi connectivity index (χ3v) is 3.02. The van der Waals surface area contributed by atoms with Gasteiger partial charge in [0, 0.05) is 6.54 Å². The van der Waals surface area contributed by atoms with E-state index in [-0.39, 0.29) is 5.91 Å². The van der Waals surface area contributed by atoms with E-state index < -0.39 is 12.0 Å². The first-order valence-corrected chi connectivity index (χ1v) is 5.75.